The number of pyridine rings is 1. The van der Waals surface area contributed by atoms with Crippen molar-refractivity contribution in [1.29, 1.82) is 0 Å². The fourth-order valence-electron chi connectivity index (χ4n) is 4.87. The average Bonchev–Trinajstić information content (AvgIpc) is 2.79. The van der Waals surface area contributed by atoms with E-state index in [2.05, 4.69) is 96.1 Å². The molecule has 0 unspecified atom stereocenters. The molecule has 156 valence electrons. The van der Waals surface area contributed by atoms with Crippen LogP contribution < -0.4 is 0 Å². The molecule has 0 aliphatic carbocycles. The first-order chi connectivity index (χ1) is 14.9. The van der Waals surface area contributed by atoms with E-state index >= 15 is 0 Å². The smallest absolute Gasteiger partial charge is 0.0705 e. The normalized spacial score (nSPS) is 11.0. The number of aryl methyl sites for hydroxylation is 1. The van der Waals surface area contributed by atoms with Crippen LogP contribution in [0.25, 0.3) is 33.5 Å². The maximum Gasteiger partial charge on any atom is 0.0705 e. The molecule has 3 aromatic carbocycles. The van der Waals surface area contributed by atoms with Crippen molar-refractivity contribution in [2.45, 2.75) is 48.0 Å². The fraction of sp³-hybridized carbons (Fsp3) is 0.233. The minimum Gasteiger partial charge on any atom is -0.256 e. The quantitative estimate of drug-likeness (QED) is 0.333. The highest BCUT2D eigenvalue weighted by molar-refractivity contribution is 5.88. The molecule has 0 amide bonds. The Balaban J connectivity index is 1.91. The summed E-state index contributed by atoms with van der Waals surface area (Å²) in [6, 6.07) is 21.4. The SMILES string of the molecule is CCc1c(C)c(C)c(-c2ccccc2-c2cnc(-c3ccccc3)cc2C)c(C)c1C. The van der Waals surface area contributed by atoms with E-state index in [0.717, 1.165) is 17.7 Å². The minimum atomic E-state index is 1.02. The summed E-state index contributed by atoms with van der Waals surface area (Å²) in [4.78, 5) is 4.83. The first-order valence-corrected chi connectivity index (χ1v) is 11.1. The van der Waals surface area contributed by atoms with Crippen molar-refractivity contribution < 1.29 is 0 Å². The van der Waals surface area contributed by atoms with E-state index in [0.29, 0.717) is 0 Å². The van der Waals surface area contributed by atoms with Crippen LogP contribution in [0.15, 0.2) is 66.9 Å². The number of benzene rings is 3. The van der Waals surface area contributed by atoms with Crippen LogP contribution in [0.5, 0.6) is 0 Å². The monoisotopic (exact) mass is 405 g/mol. The van der Waals surface area contributed by atoms with E-state index in [1.54, 1.807) is 0 Å². The van der Waals surface area contributed by atoms with Crippen LogP contribution in [0.1, 0.15) is 40.3 Å². The van der Waals surface area contributed by atoms with Crippen LogP contribution in [0.2, 0.25) is 0 Å². The highest BCUT2D eigenvalue weighted by atomic mass is 14.7. The van der Waals surface area contributed by atoms with Gasteiger partial charge in [0.2, 0.25) is 0 Å². The second-order valence-corrected chi connectivity index (χ2v) is 8.50. The van der Waals surface area contributed by atoms with E-state index in [4.69, 9.17) is 4.98 Å². The Hall–Kier alpha value is -3.19. The summed E-state index contributed by atoms with van der Waals surface area (Å²) < 4.78 is 0. The third-order valence-corrected chi connectivity index (χ3v) is 6.80. The van der Waals surface area contributed by atoms with Gasteiger partial charge in [-0.05, 0) is 97.2 Å². The summed E-state index contributed by atoms with van der Waals surface area (Å²) in [5, 5.41) is 0. The standard InChI is InChI=1S/C30H31N/c1-7-25-20(3)22(5)30(23(6)21(25)4)27-16-12-11-15-26(27)28-18-31-29(17-19(28)2)24-13-9-8-10-14-24/h8-18H,7H2,1-6H3. The lowest BCUT2D eigenvalue weighted by Gasteiger charge is -2.22. The van der Waals surface area contributed by atoms with Crippen molar-refractivity contribution in [3.05, 3.63) is 100 Å². The Bertz CT molecular complexity index is 1220. The van der Waals surface area contributed by atoms with E-state index in [-0.39, 0.29) is 0 Å². The van der Waals surface area contributed by atoms with Gasteiger partial charge >= 0.3 is 0 Å². The number of nitrogens with zero attached hydrogens (tertiary/aromatic N) is 1. The van der Waals surface area contributed by atoms with Crippen molar-refractivity contribution in [2.75, 3.05) is 0 Å². The summed E-state index contributed by atoms with van der Waals surface area (Å²) in [6.45, 7) is 13.5. The van der Waals surface area contributed by atoms with Crippen LogP contribution in [0.3, 0.4) is 0 Å². The lowest BCUT2D eigenvalue weighted by Crippen LogP contribution is -2.03. The molecule has 1 heterocycles. The summed E-state index contributed by atoms with van der Waals surface area (Å²) in [5.41, 5.74) is 15.6. The van der Waals surface area contributed by atoms with Gasteiger partial charge in [-0.15, -0.1) is 0 Å². The molecule has 0 saturated heterocycles. The van der Waals surface area contributed by atoms with Gasteiger partial charge in [-0.1, -0.05) is 61.5 Å². The van der Waals surface area contributed by atoms with Gasteiger partial charge in [-0.2, -0.15) is 0 Å². The van der Waals surface area contributed by atoms with Crippen molar-refractivity contribution in [1.82, 2.24) is 4.98 Å². The molecule has 0 bridgehead atoms. The lowest BCUT2D eigenvalue weighted by molar-refractivity contribution is 1.05. The van der Waals surface area contributed by atoms with Crippen LogP contribution in [0.4, 0.5) is 0 Å². The second kappa shape index (κ2) is 8.51. The van der Waals surface area contributed by atoms with Crippen LogP contribution >= 0.6 is 0 Å². The molecule has 0 saturated carbocycles. The lowest BCUT2D eigenvalue weighted by atomic mass is 9.82. The summed E-state index contributed by atoms with van der Waals surface area (Å²) in [6.07, 6.45) is 3.12. The van der Waals surface area contributed by atoms with E-state index in [1.807, 2.05) is 12.3 Å². The van der Waals surface area contributed by atoms with Crippen LogP contribution in [0, 0.1) is 34.6 Å². The molecule has 4 rings (SSSR count). The molecule has 0 radical (unpaired) electrons. The molecular formula is C30H31N. The number of hydrogen-bond acceptors (Lipinski definition) is 1. The van der Waals surface area contributed by atoms with Gasteiger partial charge in [0.05, 0.1) is 5.69 Å². The number of aromatic nitrogens is 1. The Kier molecular flexibility index (Phi) is 5.78. The molecule has 31 heavy (non-hydrogen) atoms. The third-order valence-electron chi connectivity index (χ3n) is 6.80. The van der Waals surface area contributed by atoms with Gasteiger partial charge in [0, 0.05) is 17.3 Å². The fourth-order valence-corrected chi connectivity index (χ4v) is 4.87. The molecule has 0 aliphatic rings. The van der Waals surface area contributed by atoms with Gasteiger partial charge < -0.3 is 0 Å². The van der Waals surface area contributed by atoms with Crippen LogP contribution in [-0.4, -0.2) is 4.98 Å². The first-order valence-electron chi connectivity index (χ1n) is 11.1. The van der Waals surface area contributed by atoms with E-state index in [9.17, 15) is 0 Å². The van der Waals surface area contributed by atoms with Crippen molar-refractivity contribution >= 4 is 0 Å². The van der Waals surface area contributed by atoms with Gasteiger partial charge in [-0.25, -0.2) is 0 Å². The Morgan fingerprint density at radius 1 is 0.645 bits per heavy atom. The number of hydrogen-bond donors (Lipinski definition) is 0. The predicted octanol–water partition coefficient (Wildman–Crippen LogP) is 8.19. The average molecular weight is 406 g/mol. The summed E-state index contributed by atoms with van der Waals surface area (Å²) in [7, 11) is 0. The molecular weight excluding hydrogens is 374 g/mol. The molecule has 0 N–H and O–H groups in total. The highest BCUT2D eigenvalue weighted by Crippen LogP contribution is 2.40. The Morgan fingerprint density at radius 2 is 1.23 bits per heavy atom. The maximum absolute atomic E-state index is 4.83. The van der Waals surface area contributed by atoms with E-state index < -0.39 is 0 Å². The van der Waals surface area contributed by atoms with Gasteiger partial charge in [0.1, 0.15) is 0 Å². The van der Waals surface area contributed by atoms with Gasteiger partial charge in [-0.3, -0.25) is 4.98 Å². The van der Waals surface area contributed by atoms with Crippen molar-refractivity contribution in [3.8, 4) is 33.5 Å². The predicted molar refractivity (Wildman–Crippen MR) is 134 cm³/mol. The zero-order chi connectivity index (χ0) is 22.1. The van der Waals surface area contributed by atoms with Gasteiger partial charge in [0.25, 0.3) is 0 Å². The maximum atomic E-state index is 4.83. The van der Waals surface area contributed by atoms with Crippen molar-refractivity contribution in [3.63, 3.8) is 0 Å². The molecule has 1 nitrogen and oxygen atoms in total. The van der Waals surface area contributed by atoms with Gasteiger partial charge in [0.15, 0.2) is 0 Å². The Labute approximate surface area is 186 Å². The minimum absolute atomic E-state index is 1.02. The zero-order valence-electron chi connectivity index (χ0n) is 19.5. The Morgan fingerprint density at radius 3 is 1.81 bits per heavy atom. The number of rotatable bonds is 4. The van der Waals surface area contributed by atoms with Crippen LogP contribution in [-0.2, 0) is 6.42 Å². The largest absolute Gasteiger partial charge is 0.256 e. The molecule has 0 fully saturated rings. The summed E-state index contributed by atoms with van der Waals surface area (Å²) in [5.74, 6) is 0. The second-order valence-electron chi connectivity index (χ2n) is 8.50. The molecule has 1 aromatic heterocycles. The highest BCUT2D eigenvalue weighted by Gasteiger charge is 2.18. The summed E-state index contributed by atoms with van der Waals surface area (Å²) >= 11 is 0. The first kappa shape index (κ1) is 21.1. The third kappa shape index (κ3) is 3.70. The zero-order valence-corrected chi connectivity index (χ0v) is 19.5. The molecule has 0 spiro atoms. The molecule has 0 aliphatic heterocycles. The molecule has 1 heteroatoms. The molecule has 4 aromatic rings. The molecule has 0 atom stereocenters. The van der Waals surface area contributed by atoms with Crippen molar-refractivity contribution in [2.24, 2.45) is 0 Å². The van der Waals surface area contributed by atoms with E-state index in [1.165, 1.54) is 55.6 Å². The topological polar surface area (TPSA) is 12.9 Å².